The first-order valence-electron chi connectivity index (χ1n) is 9.11. The number of amides is 1. The Kier molecular flexibility index (Phi) is 4.59. The monoisotopic (exact) mass is 337 g/mol. The van der Waals surface area contributed by atoms with Gasteiger partial charge in [-0.2, -0.15) is 5.10 Å². The van der Waals surface area contributed by atoms with Gasteiger partial charge in [0.25, 0.3) is 5.91 Å². The van der Waals surface area contributed by atoms with Crippen molar-refractivity contribution in [2.24, 2.45) is 0 Å². The summed E-state index contributed by atoms with van der Waals surface area (Å²) in [7, 11) is 0. The first-order valence-corrected chi connectivity index (χ1v) is 9.11. The lowest BCUT2D eigenvalue weighted by Gasteiger charge is -2.33. The zero-order valence-corrected chi connectivity index (χ0v) is 14.3. The quantitative estimate of drug-likeness (QED) is 0.929. The van der Waals surface area contributed by atoms with Crippen molar-refractivity contribution in [1.82, 2.24) is 20.5 Å². The fraction of sp³-hybridized carbons (Fsp3) is 0.474. The molecular formula is C19H23N5O. The van der Waals surface area contributed by atoms with Crippen LogP contribution in [0, 0.1) is 0 Å². The van der Waals surface area contributed by atoms with Crippen LogP contribution in [0.25, 0.3) is 0 Å². The maximum atomic E-state index is 12.2. The van der Waals surface area contributed by atoms with Gasteiger partial charge in [-0.25, -0.2) is 0 Å². The lowest BCUT2D eigenvalue weighted by molar-refractivity contribution is 0.0930. The van der Waals surface area contributed by atoms with E-state index in [-0.39, 0.29) is 11.9 Å². The van der Waals surface area contributed by atoms with E-state index >= 15 is 0 Å². The summed E-state index contributed by atoms with van der Waals surface area (Å²) in [4.78, 5) is 18.5. The molecule has 2 aromatic heterocycles. The van der Waals surface area contributed by atoms with Crippen molar-refractivity contribution in [2.45, 2.75) is 44.6 Å². The van der Waals surface area contributed by atoms with Crippen molar-refractivity contribution >= 4 is 11.7 Å². The predicted molar refractivity (Wildman–Crippen MR) is 95.6 cm³/mol. The second-order valence-corrected chi connectivity index (χ2v) is 6.86. The molecule has 6 heteroatoms. The van der Waals surface area contributed by atoms with Crippen LogP contribution in [-0.4, -0.2) is 40.2 Å². The van der Waals surface area contributed by atoms with Crippen LogP contribution in [0.3, 0.4) is 0 Å². The van der Waals surface area contributed by atoms with E-state index in [1.165, 1.54) is 24.1 Å². The number of nitrogens with one attached hydrogen (secondary N) is 1. The van der Waals surface area contributed by atoms with Crippen LogP contribution >= 0.6 is 0 Å². The van der Waals surface area contributed by atoms with E-state index in [2.05, 4.69) is 31.5 Å². The van der Waals surface area contributed by atoms with E-state index in [1.807, 2.05) is 0 Å². The Morgan fingerprint density at radius 1 is 1.16 bits per heavy atom. The predicted octanol–water partition coefficient (Wildman–Crippen LogP) is 2.15. The van der Waals surface area contributed by atoms with Gasteiger partial charge in [0.05, 0.1) is 11.3 Å². The lowest BCUT2D eigenvalue weighted by atomic mass is 9.96. The van der Waals surface area contributed by atoms with Gasteiger partial charge in [0, 0.05) is 31.5 Å². The fourth-order valence-electron chi connectivity index (χ4n) is 3.65. The maximum absolute atomic E-state index is 12.2. The van der Waals surface area contributed by atoms with E-state index in [9.17, 15) is 4.79 Å². The van der Waals surface area contributed by atoms with Crippen LogP contribution in [0.5, 0.6) is 0 Å². The summed E-state index contributed by atoms with van der Waals surface area (Å²) < 4.78 is 0. The highest BCUT2D eigenvalue weighted by atomic mass is 16.1. The minimum Gasteiger partial charge on any atom is -0.355 e. The molecular weight excluding hydrogens is 314 g/mol. The minimum atomic E-state index is -0.0416. The number of fused-ring (bicyclic) bond motifs is 1. The van der Waals surface area contributed by atoms with Crippen LogP contribution in [0.15, 0.2) is 30.6 Å². The van der Waals surface area contributed by atoms with Gasteiger partial charge in [-0.15, -0.1) is 5.10 Å². The highest BCUT2D eigenvalue weighted by Gasteiger charge is 2.23. The number of anilines is 1. The Hall–Kier alpha value is -2.50. The van der Waals surface area contributed by atoms with Crippen LogP contribution in [0.4, 0.5) is 5.82 Å². The summed E-state index contributed by atoms with van der Waals surface area (Å²) in [6, 6.07) is 6.00. The van der Waals surface area contributed by atoms with Crippen molar-refractivity contribution in [3.63, 3.8) is 0 Å². The number of hydrogen-bond donors (Lipinski definition) is 1. The lowest BCUT2D eigenvalue weighted by Crippen LogP contribution is -2.45. The summed E-state index contributed by atoms with van der Waals surface area (Å²) >= 11 is 0. The average Bonchev–Trinajstić information content (AvgIpc) is 2.69. The third-order valence-corrected chi connectivity index (χ3v) is 5.13. The Balaban J connectivity index is 1.35. The molecule has 130 valence electrons. The molecule has 0 spiro atoms. The summed E-state index contributed by atoms with van der Waals surface area (Å²) in [5, 5.41) is 12.0. The molecule has 0 atom stereocenters. The molecule has 0 bridgehead atoms. The Morgan fingerprint density at radius 3 is 2.80 bits per heavy atom. The van der Waals surface area contributed by atoms with Gasteiger partial charge < -0.3 is 10.2 Å². The van der Waals surface area contributed by atoms with Crippen LogP contribution in [0.2, 0.25) is 0 Å². The first kappa shape index (κ1) is 16.0. The van der Waals surface area contributed by atoms with Gasteiger partial charge in [-0.1, -0.05) is 0 Å². The number of nitrogens with zero attached hydrogens (tertiary/aromatic N) is 4. The van der Waals surface area contributed by atoms with E-state index in [0.717, 1.165) is 44.6 Å². The highest BCUT2D eigenvalue weighted by Crippen LogP contribution is 2.24. The van der Waals surface area contributed by atoms with Crippen molar-refractivity contribution in [2.75, 3.05) is 18.0 Å². The zero-order chi connectivity index (χ0) is 17.1. The van der Waals surface area contributed by atoms with Crippen molar-refractivity contribution in [3.05, 3.63) is 47.4 Å². The Bertz CT molecular complexity index is 741. The molecule has 0 aromatic carbocycles. The number of pyridine rings is 1. The van der Waals surface area contributed by atoms with E-state index in [4.69, 9.17) is 0 Å². The molecule has 1 aliphatic carbocycles. The fourth-order valence-corrected chi connectivity index (χ4v) is 3.65. The van der Waals surface area contributed by atoms with E-state index in [0.29, 0.717) is 5.56 Å². The van der Waals surface area contributed by atoms with Gasteiger partial charge in [0.15, 0.2) is 5.82 Å². The number of hydrogen-bond acceptors (Lipinski definition) is 5. The SMILES string of the molecule is O=C(NC1CCN(c2cc3c(nn2)CCCC3)CC1)c1cccnc1. The average molecular weight is 337 g/mol. The normalized spacial score (nSPS) is 17.8. The third kappa shape index (κ3) is 3.62. The number of carbonyl (C=O) groups excluding carboxylic acids is 1. The molecule has 0 unspecified atom stereocenters. The number of aryl methyl sites for hydroxylation is 2. The molecule has 1 fully saturated rings. The first-order chi connectivity index (χ1) is 12.3. The molecule has 0 saturated carbocycles. The van der Waals surface area contributed by atoms with Crippen molar-refractivity contribution < 1.29 is 4.79 Å². The standard InChI is InChI=1S/C19H23N5O/c25-19(15-5-3-9-20-13-15)21-16-7-10-24(11-8-16)18-12-14-4-1-2-6-17(14)22-23-18/h3,5,9,12-13,16H,1-2,4,6-8,10-11H2,(H,21,25). The molecule has 1 aliphatic heterocycles. The molecule has 4 rings (SSSR count). The topological polar surface area (TPSA) is 71.0 Å². The second kappa shape index (κ2) is 7.17. The van der Waals surface area contributed by atoms with Gasteiger partial charge in [-0.3, -0.25) is 9.78 Å². The minimum absolute atomic E-state index is 0.0416. The molecule has 1 saturated heterocycles. The Morgan fingerprint density at radius 2 is 2.00 bits per heavy atom. The van der Waals surface area contributed by atoms with E-state index in [1.54, 1.807) is 24.5 Å². The molecule has 6 nitrogen and oxygen atoms in total. The molecule has 25 heavy (non-hydrogen) atoms. The maximum Gasteiger partial charge on any atom is 0.253 e. The second-order valence-electron chi connectivity index (χ2n) is 6.86. The number of rotatable bonds is 3. The zero-order valence-electron chi connectivity index (χ0n) is 14.3. The largest absolute Gasteiger partial charge is 0.355 e. The summed E-state index contributed by atoms with van der Waals surface area (Å²) in [5.41, 5.74) is 3.15. The summed E-state index contributed by atoms with van der Waals surface area (Å²) in [6.07, 6.45) is 9.78. The summed E-state index contributed by atoms with van der Waals surface area (Å²) in [5.74, 6) is 0.942. The molecule has 0 radical (unpaired) electrons. The number of piperidine rings is 1. The van der Waals surface area contributed by atoms with Crippen LogP contribution in [-0.2, 0) is 12.8 Å². The number of carbonyl (C=O) groups is 1. The van der Waals surface area contributed by atoms with Crippen molar-refractivity contribution in [3.8, 4) is 0 Å². The van der Waals surface area contributed by atoms with Gasteiger partial charge in [-0.05, 0) is 62.3 Å². The third-order valence-electron chi connectivity index (χ3n) is 5.13. The highest BCUT2D eigenvalue weighted by molar-refractivity contribution is 5.94. The smallest absolute Gasteiger partial charge is 0.253 e. The van der Waals surface area contributed by atoms with Gasteiger partial charge >= 0.3 is 0 Å². The molecule has 2 aliphatic rings. The molecule has 1 N–H and O–H groups in total. The Labute approximate surface area is 147 Å². The molecule has 3 heterocycles. The molecule has 1 amide bonds. The van der Waals surface area contributed by atoms with Crippen molar-refractivity contribution in [1.29, 1.82) is 0 Å². The van der Waals surface area contributed by atoms with Gasteiger partial charge in [0.2, 0.25) is 0 Å². The van der Waals surface area contributed by atoms with Crippen LogP contribution in [0.1, 0.15) is 47.3 Å². The van der Waals surface area contributed by atoms with Crippen LogP contribution < -0.4 is 10.2 Å². The van der Waals surface area contributed by atoms with Gasteiger partial charge in [0.1, 0.15) is 0 Å². The molecule has 2 aromatic rings. The summed E-state index contributed by atoms with van der Waals surface area (Å²) in [6.45, 7) is 1.79. The number of aromatic nitrogens is 3. The van der Waals surface area contributed by atoms with E-state index < -0.39 is 0 Å².